The van der Waals surface area contributed by atoms with Gasteiger partial charge in [-0.1, -0.05) is 6.07 Å². The first kappa shape index (κ1) is 11.1. The van der Waals surface area contributed by atoms with Gasteiger partial charge in [0.05, 0.1) is 22.9 Å². The van der Waals surface area contributed by atoms with E-state index >= 15 is 0 Å². The van der Waals surface area contributed by atoms with Crippen LogP contribution in [0.5, 0.6) is 5.75 Å². The zero-order chi connectivity index (χ0) is 12.9. The first-order valence-corrected chi connectivity index (χ1v) is 7.14. The molecule has 0 radical (unpaired) electrons. The highest BCUT2D eigenvalue weighted by Gasteiger charge is 2.32. The molecule has 18 heavy (non-hydrogen) atoms. The van der Waals surface area contributed by atoms with E-state index < -0.39 is 9.84 Å². The minimum atomic E-state index is -3.13. The minimum absolute atomic E-state index is 0.0625. The summed E-state index contributed by atoms with van der Waals surface area (Å²) in [5.74, 6) is 0.195. The molecular formula is C11H11N3O3S. The van der Waals surface area contributed by atoms with Gasteiger partial charge in [-0.2, -0.15) is 5.10 Å². The number of aromatic hydroxyl groups is 1. The fourth-order valence-electron chi connectivity index (χ4n) is 2.13. The predicted octanol–water partition coefficient (Wildman–Crippen LogP) is 0.589. The molecule has 3 N–H and O–H groups in total. The van der Waals surface area contributed by atoms with Gasteiger partial charge in [-0.3, -0.25) is 0 Å². The SMILES string of the molecule is Nc1nn(-c2cccc(O)c2)c2c1CS(=O)(=O)C2. The molecule has 0 aliphatic carbocycles. The third-order valence-electron chi connectivity index (χ3n) is 2.92. The molecule has 0 saturated heterocycles. The van der Waals surface area contributed by atoms with E-state index in [2.05, 4.69) is 5.10 Å². The van der Waals surface area contributed by atoms with E-state index in [-0.39, 0.29) is 23.1 Å². The van der Waals surface area contributed by atoms with E-state index in [1.807, 2.05) is 0 Å². The lowest BCUT2D eigenvalue weighted by atomic mass is 10.2. The largest absolute Gasteiger partial charge is 0.508 e. The number of rotatable bonds is 1. The van der Waals surface area contributed by atoms with Crippen molar-refractivity contribution in [1.29, 1.82) is 0 Å². The maximum Gasteiger partial charge on any atom is 0.160 e. The van der Waals surface area contributed by atoms with Crippen molar-refractivity contribution in [3.63, 3.8) is 0 Å². The number of fused-ring (bicyclic) bond motifs is 1. The second-order valence-corrected chi connectivity index (χ2v) is 6.34. The molecule has 0 fully saturated rings. The van der Waals surface area contributed by atoms with Crippen molar-refractivity contribution in [2.45, 2.75) is 11.5 Å². The van der Waals surface area contributed by atoms with Crippen molar-refractivity contribution in [3.8, 4) is 11.4 Å². The van der Waals surface area contributed by atoms with E-state index in [1.54, 1.807) is 12.1 Å². The van der Waals surface area contributed by atoms with Crippen LogP contribution in [0.3, 0.4) is 0 Å². The van der Waals surface area contributed by atoms with Crippen molar-refractivity contribution in [1.82, 2.24) is 9.78 Å². The van der Waals surface area contributed by atoms with Gasteiger partial charge in [0.1, 0.15) is 11.6 Å². The van der Waals surface area contributed by atoms with Gasteiger partial charge in [0.15, 0.2) is 9.84 Å². The molecule has 2 aromatic rings. The molecule has 94 valence electrons. The van der Waals surface area contributed by atoms with Crippen LogP contribution in [0, 0.1) is 0 Å². The topological polar surface area (TPSA) is 98.2 Å². The Kier molecular flexibility index (Phi) is 2.15. The highest BCUT2D eigenvalue weighted by Crippen LogP contribution is 2.31. The molecule has 0 amide bonds. The highest BCUT2D eigenvalue weighted by molar-refractivity contribution is 7.90. The number of phenolic OH excluding ortho intramolecular Hbond substituents is 1. The molecule has 0 bridgehead atoms. The summed E-state index contributed by atoms with van der Waals surface area (Å²) in [7, 11) is -3.13. The number of hydrogen-bond acceptors (Lipinski definition) is 5. The zero-order valence-corrected chi connectivity index (χ0v) is 10.2. The van der Waals surface area contributed by atoms with Crippen molar-refractivity contribution >= 4 is 15.7 Å². The standard InChI is InChI=1S/C11H11N3O3S/c12-11-9-5-18(16,17)6-10(9)14(13-11)7-2-1-3-8(15)4-7/h1-4,15H,5-6H2,(H2,12,13). The number of benzene rings is 1. The second kappa shape index (κ2) is 3.49. The van der Waals surface area contributed by atoms with Gasteiger partial charge in [0.25, 0.3) is 0 Å². The average molecular weight is 265 g/mol. The Bertz CT molecular complexity index is 734. The summed E-state index contributed by atoms with van der Waals surface area (Å²) in [6.07, 6.45) is 0. The Balaban J connectivity index is 2.19. The number of nitrogen functional groups attached to an aromatic ring is 1. The first-order chi connectivity index (χ1) is 8.46. The third-order valence-corrected chi connectivity index (χ3v) is 4.36. The molecule has 0 spiro atoms. The van der Waals surface area contributed by atoms with Crippen LogP contribution in [0.4, 0.5) is 5.82 Å². The number of aromatic nitrogens is 2. The molecule has 1 aromatic carbocycles. The van der Waals surface area contributed by atoms with Crippen molar-refractivity contribution in [3.05, 3.63) is 35.5 Å². The van der Waals surface area contributed by atoms with Crippen LogP contribution in [-0.2, 0) is 21.3 Å². The van der Waals surface area contributed by atoms with E-state index in [0.717, 1.165) is 0 Å². The number of anilines is 1. The van der Waals surface area contributed by atoms with Gasteiger partial charge in [-0.25, -0.2) is 13.1 Å². The summed E-state index contributed by atoms with van der Waals surface area (Å²) in [5, 5.41) is 13.6. The number of hydrogen-bond donors (Lipinski definition) is 2. The Labute approximate surface area is 104 Å². The maximum atomic E-state index is 11.6. The van der Waals surface area contributed by atoms with Crippen molar-refractivity contribution in [2.75, 3.05) is 5.73 Å². The lowest BCUT2D eigenvalue weighted by Gasteiger charge is -2.05. The van der Waals surface area contributed by atoms with E-state index in [0.29, 0.717) is 16.9 Å². The Hall–Kier alpha value is -2.02. The van der Waals surface area contributed by atoms with Gasteiger partial charge in [-0.15, -0.1) is 0 Å². The van der Waals surface area contributed by atoms with Crippen LogP contribution in [0.1, 0.15) is 11.3 Å². The molecule has 1 aromatic heterocycles. The van der Waals surface area contributed by atoms with Gasteiger partial charge in [0, 0.05) is 11.6 Å². The third kappa shape index (κ3) is 1.63. The fraction of sp³-hybridized carbons (Fsp3) is 0.182. The summed E-state index contributed by atoms with van der Waals surface area (Å²) in [5.41, 5.74) is 7.48. The van der Waals surface area contributed by atoms with Crippen LogP contribution < -0.4 is 5.73 Å². The summed E-state index contributed by atoms with van der Waals surface area (Å²) >= 11 is 0. The van der Waals surface area contributed by atoms with Crippen LogP contribution in [-0.4, -0.2) is 23.3 Å². The summed E-state index contributed by atoms with van der Waals surface area (Å²) in [6.45, 7) is 0. The molecule has 0 saturated carbocycles. The molecule has 0 atom stereocenters. The van der Waals surface area contributed by atoms with Crippen molar-refractivity contribution < 1.29 is 13.5 Å². The highest BCUT2D eigenvalue weighted by atomic mass is 32.2. The molecule has 7 heteroatoms. The summed E-state index contributed by atoms with van der Waals surface area (Å²) in [4.78, 5) is 0. The van der Waals surface area contributed by atoms with Crippen LogP contribution in [0.2, 0.25) is 0 Å². The number of nitrogens with two attached hydrogens (primary N) is 1. The molecule has 1 aliphatic heterocycles. The minimum Gasteiger partial charge on any atom is -0.508 e. The summed E-state index contributed by atoms with van der Waals surface area (Å²) < 4.78 is 24.7. The van der Waals surface area contributed by atoms with E-state index in [1.165, 1.54) is 16.8 Å². The smallest absolute Gasteiger partial charge is 0.160 e. The molecule has 2 heterocycles. The Morgan fingerprint density at radius 3 is 2.83 bits per heavy atom. The Morgan fingerprint density at radius 1 is 1.33 bits per heavy atom. The normalized spacial score (nSPS) is 16.7. The van der Waals surface area contributed by atoms with Gasteiger partial charge >= 0.3 is 0 Å². The summed E-state index contributed by atoms with van der Waals surface area (Å²) in [6, 6.07) is 6.45. The lowest BCUT2D eigenvalue weighted by Crippen LogP contribution is -2.05. The monoisotopic (exact) mass is 265 g/mol. The molecule has 6 nitrogen and oxygen atoms in total. The molecular weight excluding hydrogens is 254 g/mol. The van der Waals surface area contributed by atoms with Crippen molar-refractivity contribution in [2.24, 2.45) is 0 Å². The number of sulfone groups is 1. The van der Waals surface area contributed by atoms with Gasteiger partial charge in [-0.05, 0) is 12.1 Å². The quantitative estimate of drug-likeness (QED) is 0.786. The maximum absolute atomic E-state index is 11.6. The number of phenols is 1. The molecule has 1 aliphatic rings. The first-order valence-electron chi connectivity index (χ1n) is 5.32. The van der Waals surface area contributed by atoms with Crippen LogP contribution in [0.15, 0.2) is 24.3 Å². The predicted molar refractivity (Wildman–Crippen MR) is 66.0 cm³/mol. The second-order valence-electron chi connectivity index (χ2n) is 4.27. The average Bonchev–Trinajstić information content (AvgIpc) is 2.74. The molecule has 3 rings (SSSR count). The fourth-order valence-corrected chi connectivity index (χ4v) is 3.70. The molecule has 0 unspecified atom stereocenters. The van der Waals surface area contributed by atoms with Gasteiger partial charge < -0.3 is 10.8 Å². The lowest BCUT2D eigenvalue weighted by molar-refractivity contribution is 0.475. The van der Waals surface area contributed by atoms with Crippen LogP contribution in [0.25, 0.3) is 5.69 Å². The van der Waals surface area contributed by atoms with Gasteiger partial charge in [0.2, 0.25) is 0 Å². The van der Waals surface area contributed by atoms with E-state index in [4.69, 9.17) is 5.73 Å². The van der Waals surface area contributed by atoms with E-state index in [9.17, 15) is 13.5 Å². The number of nitrogens with zero attached hydrogens (tertiary/aromatic N) is 2. The zero-order valence-electron chi connectivity index (χ0n) is 9.37. The van der Waals surface area contributed by atoms with Crippen LogP contribution >= 0.6 is 0 Å². The Morgan fingerprint density at radius 2 is 2.11 bits per heavy atom.